The summed E-state index contributed by atoms with van der Waals surface area (Å²) < 4.78 is 23.8. The Bertz CT molecular complexity index is 725. The van der Waals surface area contributed by atoms with Crippen LogP contribution < -0.4 is 0 Å². The Kier molecular flexibility index (Phi) is 3.95. The van der Waals surface area contributed by atoms with E-state index in [1.165, 1.54) is 0 Å². The van der Waals surface area contributed by atoms with Gasteiger partial charge < -0.3 is 24.1 Å². The SMILES string of the molecule is CC1(C)O[C@@H]2CC[C@@]3(C)C(CC[C@]4(CO4)[C@@H]3C/C=C3/C(=O)OC[C@H]3O)[C@]2(C)O1. The largest absolute Gasteiger partial charge is 0.459 e. The Morgan fingerprint density at radius 1 is 1.18 bits per heavy atom. The molecule has 1 spiro atoms. The lowest BCUT2D eigenvalue weighted by atomic mass is 9.47. The topological polar surface area (TPSA) is 77.5 Å². The highest BCUT2D eigenvalue weighted by molar-refractivity contribution is 5.91. The minimum absolute atomic E-state index is 0.0360. The van der Waals surface area contributed by atoms with Gasteiger partial charge in [0.15, 0.2) is 5.79 Å². The summed E-state index contributed by atoms with van der Waals surface area (Å²) in [5, 5.41) is 10.1. The van der Waals surface area contributed by atoms with E-state index < -0.39 is 11.9 Å². The van der Waals surface area contributed by atoms with E-state index in [0.717, 1.165) is 38.7 Å². The number of carbonyl (C=O) groups is 1. The molecule has 1 N–H and O–H groups in total. The molecule has 3 saturated heterocycles. The summed E-state index contributed by atoms with van der Waals surface area (Å²) in [5.74, 6) is -0.276. The lowest BCUT2D eigenvalue weighted by molar-refractivity contribution is -0.197. The van der Waals surface area contributed by atoms with Crippen LogP contribution in [0.1, 0.15) is 59.8 Å². The summed E-state index contributed by atoms with van der Waals surface area (Å²) in [7, 11) is 0. The molecule has 0 radical (unpaired) electrons. The van der Waals surface area contributed by atoms with E-state index >= 15 is 0 Å². The van der Waals surface area contributed by atoms with Crippen LogP contribution in [0.25, 0.3) is 0 Å². The number of ether oxygens (including phenoxy) is 4. The fourth-order valence-electron chi connectivity index (χ4n) is 7.04. The Morgan fingerprint density at radius 2 is 1.93 bits per heavy atom. The van der Waals surface area contributed by atoms with Crippen molar-refractivity contribution in [3.63, 3.8) is 0 Å². The second-order valence-electron chi connectivity index (χ2n) is 10.3. The molecular weight excluding hydrogens is 360 g/mol. The minimum atomic E-state index is -0.809. The van der Waals surface area contributed by atoms with Gasteiger partial charge in [-0.3, -0.25) is 0 Å². The molecule has 2 saturated carbocycles. The third-order valence-corrected chi connectivity index (χ3v) is 8.31. The van der Waals surface area contributed by atoms with Gasteiger partial charge in [0.25, 0.3) is 0 Å². The number of allylic oxidation sites excluding steroid dienone is 1. The van der Waals surface area contributed by atoms with Crippen molar-refractivity contribution in [3.05, 3.63) is 11.6 Å². The van der Waals surface area contributed by atoms with Crippen molar-refractivity contribution in [2.45, 2.75) is 89.0 Å². The molecule has 5 rings (SSSR count). The second-order valence-corrected chi connectivity index (χ2v) is 10.3. The fourth-order valence-corrected chi connectivity index (χ4v) is 7.04. The number of epoxide rings is 1. The van der Waals surface area contributed by atoms with Crippen molar-refractivity contribution in [2.75, 3.05) is 13.2 Å². The van der Waals surface area contributed by atoms with Crippen LogP contribution in [0.15, 0.2) is 11.6 Å². The molecule has 28 heavy (non-hydrogen) atoms. The first-order valence-electron chi connectivity index (χ1n) is 10.7. The summed E-state index contributed by atoms with van der Waals surface area (Å²) in [5.41, 5.74) is 0.0508. The van der Waals surface area contributed by atoms with Gasteiger partial charge in [-0.1, -0.05) is 13.0 Å². The highest BCUT2D eigenvalue weighted by Crippen LogP contribution is 2.67. The number of cyclic esters (lactones) is 1. The van der Waals surface area contributed by atoms with Crippen LogP contribution in [-0.4, -0.2) is 53.5 Å². The van der Waals surface area contributed by atoms with Gasteiger partial charge in [0, 0.05) is 0 Å². The van der Waals surface area contributed by atoms with Crippen LogP contribution in [0.4, 0.5) is 0 Å². The van der Waals surface area contributed by atoms with Crippen molar-refractivity contribution in [1.82, 2.24) is 0 Å². The molecule has 5 fully saturated rings. The molecule has 5 aliphatic rings. The van der Waals surface area contributed by atoms with Crippen LogP contribution in [0.5, 0.6) is 0 Å². The Morgan fingerprint density at radius 3 is 2.57 bits per heavy atom. The van der Waals surface area contributed by atoms with Crippen molar-refractivity contribution in [1.29, 1.82) is 0 Å². The van der Waals surface area contributed by atoms with Gasteiger partial charge in [-0.05, 0) is 70.1 Å². The Labute approximate surface area is 166 Å². The molecule has 0 aromatic rings. The fraction of sp³-hybridized carbons (Fsp3) is 0.864. The molecule has 0 aromatic heterocycles. The third-order valence-electron chi connectivity index (χ3n) is 8.31. The first kappa shape index (κ1) is 19.0. The van der Waals surface area contributed by atoms with Gasteiger partial charge >= 0.3 is 5.97 Å². The van der Waals surface area contributed by atoms with Crippen LogP contribution in [-0.2, 0) is 23.7 Å². The molecule has 3 heterocycles. The lowest BCUT2D eigenvalue weighted by Crippen LogP contribution is -2.61. The van der Waals surface area contributed by atoms with Gasteiger partial charge in [0.1, 0.15) is 12.7 Å². The molecule has 156 valence electrons. The zero-order valence-corrected chi connectivity index (χ0v) is 17.3. The number of hydrogen-bond acceptors (Lipinski definition) is 6. The average Bonchev–Trinajstić information content (AvgIpc) is 3.22. The number of hydrogen-bond donors (Lipinski definition) is 1. The number of esters is 1. The van der Waals surface area contributed by atoms with Crippen LogP contribution >= 0.6 is 0 Å². The van der Waals surface area contributed by atoms with Crippen molar-refractivity contribution >= 4 is 5.97 Å². The standard InChI is InChI=1S/C22H32O6/c1-19(2)27-17-8-9-20(3)15(21(17,4)28-19)7-10-22(12-26-22)16(20)6-5-13-14(23)11-25-18(13)24/h5,14-17,23H,6-12H2,1-4H3/b13-5+/t14-,15?,16-,17-,20+,21+,22+/m1/s1. The monoisotopic (exact) mass is 392 g/mol. The molecule has 2 aliphatic carbocycles. The maximum Gasteiger partial charge on any atom is 0.336 e. The number of aliphatic hydroxyl groups is 1. The van der Waals surface area contributed by atoms with E-state index in [-0.39, 0.29) is 41.2 Å². The molecule has 0 aromatic carbocycles. The summed E-state index contributed by atoms with van der Waals surface area (Å²) in [6.07, 6.45) is 6.06. The maximum atomic E-state index is 12.0. The number of rotatable bonds is 2. The third kappa shape index (κ3) is 2.57. The van der Waals surface area contributed by atoms with E-state index in [1.807, 2.05) is 19.9 Å². The molecule has 7 atom stereocenters. The van der Waals surface area contributed by atoms with E-state index in [2.05, 4.69) is 13.8 Å². The predicted molar refractivity (Wildman–Crippen MR) is 100 cm³/mol. The average molecular weight is 392 g/mol. The summed E-state index contributed by atoms with van der Waals surface area (Å²) in [6, 6.07) is 0. The highest BCUT2D eigenvalue weighted by atomic mass is 16.8. The maximum absolute atomic E-state index is 12.0. The summed E-state index contributed by atoms with van der Waals surface area (Å²) in [6.45, 7) is 9.49. The minimum Gasteiger partial charge on any atom is -0.459 e. The zero-order chi connectivity index (χ0) is 19.9. The highest BCUT2D eigenvalue weighted by Gasteiger charge is 2.70. The predicted octanol–water partition coefficient (Wildman–Crippen LogP) is 2.73. The molecule has 6 heteroatoms. The molecule has 6 nitrogen and oxygen atoms in total. The van der Waals surface area contributed by atoms with Crippen molar-refractivity contribution < 1.29 is 28.8 Å². The molecule has 0 bridgehead atoms. The van der Waals surface area contributed by atoms with Gasteiger partial charge in [0.05, 0.1) is 29.5 Å². The van der Waals surface area contributed by atoms with E-state index in [4.69, 9.17) is 18.9 Å². The molecule has 0 amide bonds. The van der Waals surface area contributed by atoms with E-state index in [9.17, 15) is 9.90 Å². The molecule has 1 unspecified atom stereocenters. The normalized spacial score (nSPS) is 53.2. The van der Waals surface area contributed by atoms with Crippen LogP contribution in [0.3, 0.4) is 0 Å². The number of aliphatic hydroxyl groups excluding tert-OH is 1. The zero-order valence-electron chi connectivity index (χ0n) is 17.3. The quantitative estimate of drug-likeness (QED) is 0.442. The van der Waals surface area contributed by atoms with Gasteiger partial charge in [-0.15, -0.1) is 0 Å². The van der Waals surface area contributed by atoms with E-state index in [0.29, 0.717) is 11.5 Å². The summed E-state index contributed by atoms with van der Waals surface area (Å²) in [4.78, 5) is 12.0. The smallest absolute Gasteiger partial charge is 0.336 e. The number of carbonyl (C=O) groups excluding carboxylic acids is 1. The van der Waals surface area contributed by atoms with Gasteiger partial charge in [0.2, 0.25) is 0 Å². The summed E-state index contributed by atoms with van der Waals surface area (Å²) >= 11 is 0. The number of fused-ring (bicyclic) bond motifs is 3. The van der Waals surface area contributed by atoms with Crippen LogP contribution in [0.2, 0.25) is 0 Å². The lowest BCUT2D eigenvalue weighted by Gasteiger charge is -2.59. The first-order chi connectivity index (χ1) is 13.1. The van der Waals surface area contributed by atoms with Crippen molar-refractivity contribution in [2.24, 2.45) is 17.3 Å². The van der Waals surface area contributed by atoms with Crippen LogP contribution in [0, 0.1) is 17.3 Å². The van der Waals surface area contributed by atoms with E-state index in [1.54, 1.807) is 0 Å². The van der Waals surface area contributed by atoms with Gasteiger partial charge in [-0.25, -0.2) is 4.79 Å². The molecule has 3 aliphatic heterocycles. The first-order valence-corrected chi connectivity index (χ1v) is 10.7. The molecular formula is C22H32O6. The van der Waals surface area contributed by atoms with Crippen molar-refractivity contribution in [3.8, 4) is 0 Å². The van der Waals surface area contributed by atoms with Gasteiger partial charge in [-0.2, -0.15) is 0 Å². The Balaban J connectivity index is 1.47. The Hall–Kier alpha value is -0.950. The second kappa shape index (κ2) is 5.81.